The summed E-state index contributed by atoms with van der Waals surface area (Å²) in [6, 6.07) is 13.4. The molecule has 2 fully saturated rings. The van der Waals surface area contributed by atoms with Crippen molar-refractivity contribution < 1.29 is 19.1 Å². The number of hydrogen-bond acceptors (Lipinski definition) is 5. The van der Waals surface area contributed by atoms with Gasteiger partial charge in [0, 0.05) is 4.47 Å². The number of rotatable bonds is 7. The van der Waals surface area contributed by atoms with Crippen LogP contribution in [0.4, 0.5) is 0 Å². The number of hydrazone groups is 1. The second-order valence-electron chi connectivity index (χ2n) is 8.29. The topological polar surface area (TPSA) is 68.2 Å². The van der Waals surface area contributed by atoms with Crippen molar-refractivity contribution in [3.8, 4) is 11.5 Å². The molecule has 0 radical (unpaired) electrons. The van der Waals surface area contributed by atoms with Gasteiger partial charge < -0.3 is 9.47 Å². The van der Waals surface area contributed by atoms with Crippen LogP contribution in [-0.2, 0) is 16.2 Å². The molecule has 1 aliphatic heterocycles. The maximum Gasteiger partial charge on any atom is 0.254 e. The van der Waals surface area contributed by atoms with Crippen molar-refractivity contribution in [2.24, 2.45) is 28.8 Å². The van der Waals surface area contributed by atoms with E-state index >= 15 is 0 Å². The van der Waals surface area contributed by atoms with Crippen molar-refractivity contribution in [2.75, 3.05) is 6.61 Å². The largest absolute Gasteiger partial charge is 0.490 e. The molecule has 5 rings (SSSR count). The molecular weight excluding hydrogens is 472 g/mol. The van der Waals surface area contributed by atoms with Gasteiger partial charge >= 0.3 is 0 Å². The molecule has 0 unspecified atom stereocenters. The molecule has 3 aliphatic rings. The fraction of sp³-hybridized carbons (Fsp3) is 0.320. The third-order valence-electron chi connectivity index (χ3n) is 6.34. The Balaban J connectivity index is 1.30. The molecule has 0 spiro atoms. The Bertz CT molecular complexity index is 1080. The summed E-state index contributed by atoms with van der Waals surface area (Å²) in [5.41, 5.74) is 1.77. The average molecular weight is 495 g/mol. The predicted molar refractivity (Wildman–Crippen MR) is 123 cm³/mol. The van der Waals surface area contributed by atoms with Gasteiger partial charge in [0.05, 0.1) is 24.7 Å². The minimum absolute atomic E-state index is 0.174. The predicted octanol–water partition coefficient (Wildman–Crippen LogP) is 4.57. The monoisotopic (exact) mass is 494 g/mol. The highest BCUT2D eigenvalue weighted by atomic mass is 79.9. The SMILES string of the molecule is CCOc1cc(/C=N\N2C(=O)[C@@H]3[C@H](C2=O)[C@@H]2C=C[C@H]3C2)ccc1OCc1ccc(Br)cc1. The summed E-state index contributed by atoms with van der Waals surface area (Å²) in [6.07, 6.45) is 6.59. The minimum Gasteiger partial charge on any atom is -0.490 e. The molecule has 7 heteroatoms. The van der Waals surface area contributed by atoms with Gasteiger partial charge in [0.25, 0.3) is 11.8 Å². The number of allylic oxidation sites excluding steroid dienone is 2. The first-order valence-electron chi connectivity index (χ1n) is 10.8. The number of benzene rings is 2. The lowest BCUT2D eigenvalue weighted by Gasteiger charge is -2.13. The Kier molecular flexibility index (Phi) is 5.59. The van der Waals surface area contributed by atoms with E-state index in [1.165, 1.54) is 6.21 Å². The number of carbonyl (C=O) groups excluding carboxylic acids is 2. The van der Waals surface area contributed by atoms with Crippen molar-refractivity contribution in [1.82, 2.24) is 5.01 Å². The molecule has 1 saturated carbocycles. The molecule has 1 heterocycles. The van der Waals surface area contributed by atoms with Crippen LogP contribution >= 0.6 is 15.9 Å². The molecule has 32 heavy (non-hydrogen) atoms. The molecular formula is C25H23BrN2O4. The first-order valence-corrected chi connectivity index (χ1v) is 11.6. The Morgan fingerprint density at radius 1 is 1.00 bits per heavy atom. The summed E-state index contributed by atoms with van der Waals surface area (Å²) in [4.78, 5) is 25.6. The summed E-state index contributed by atoms with van der Waals surface area (Å²) < 4.78 is 12.7. The first kappa shape index (κ1) is 20.9. The fourth-order valence-electron chi connectivity index (χ4n) is 4.86. The maximum absolute atomic E-state index is 12.8. The summed E-state index contributed by atoms with van der Waals surface area (Å²) in [6.45, 7) is 2.80. The number of nitrogens with zero attached hydrogens (tertiary/aromatic N) is 2. The van der Waals surface area contributed by atoms with Gasteiger partial charge in [0.1, 0.15) is 6.61 Å². The number of ether oxygens (including phenoxy) is 2. The lowest BCUT2D eigenvalue weighted by atomic mass is 9.85. The molecule has 6 nitrogen and oxygen atoms in total. The van der Waals surface area contributed by atoms with E-state index in [0.29, 0.717) is 24.7 Å². The van der Waals surface area contributed by atoms with E-state index in [9.17, 15) is 9.59 Å². The van der Waals surface area contributed by atoms with Gasteiger partial charge in [-0.15, -0.1) is 0 Å². The number of hydrogen-bond donors (Lipinski definition) is 0. The number of imide groups is 1. The number of amides is 2. The summed E-state index contributed by atoms with van der Waals surface area (Å²) in [7, 11) is 0. The summed E-state index contributed by atoms with van der Waals surface area (Å²) in [5, 5.41) is 5.30. The fourth-order valence-corrected chi connectivity index (χ4v) is 5.12. The van der Waals surface area contributed by atoms with Crippen LogP contribution in [0.1, 0.15) is 24.5 Å². The molecule has 1 saturated heterocycles. The molecule has 2 aromatic rings. The number of carbonyl (C=O) groups is 2. The van der Waals surface area contributed by atoms with Crippen molar-refractivity contribution in [2.45, 2.75) is 20.0 Å². The molecule has 2 amide bonds. The van der Waals surface area contributed by atoms with Crippen molar-refractivity contribution in [3.05, 3.63) is 70.2 Å². The van der Waals surface area contributed by atoms with Crippen LogP contribution < -0.4 is 9.47 Å². The zero-order valence-electron chi connectivity index (χ0n) is 17.6. The molecule has 164 valence electrons. The quantitative estimate of drug-likeness (QED) is 0.321. The molecule has 0 aromatic heterocycles. The van der Waals surface area contributed by atoms with Crippen LogP contribution in [-0.4, -0.2) is 29.6 Å². The Morgan fingerprint density at radius 2 is 1.69 bits per heavy atom. The van der Waals surface area contributed by atoms with Gasteiger partial charge in [0.15, 0.2) is 11.5 Å². The highest BCUT2D eigenvalue weighted by molar-refractivity contribution is 9.10. The second kappa shape index (κ2) is 8.54. The normalized spacial score (nSPS) is 25.8. The van der Waals surface area contributed by atoms with E-state index < -0.39 is 0 Å². The lowest BCUT2D eigenvalue weighted by Crippen LogP contribution is -2.28. The van der Waals surface area contributed by atoms with Crippen LogP contribution in [0.5, 0.6) is 11.5 Å². The second-order valence-corrected chi connectivity index (χ2v) is 9.20. The van der Waals surface area contributed by atoms with Gasteiger partial charge in [-0.25, -0.2) is 0 Å². The smallest absolute Gasteiger partial charge is 0.254 e. The van der Waals surface area contributed by atoms with Gasteiger partial charge in [-0.3, -0.25) is 9.59 Å². The van der Waals surface area contributed by atoms with Crippen LogP contribution in [0.25, 0.3) is 0 Å². The molecule has 2 bridgehead atoms. The summed E-state index contributed by atoms with van der Waals surface area (Å²) >= 11 is 3.43. The summed E-state index contributed by atoms with van der Waals surface area (Å²) in [5.74, 6) is 0.692. The van der Waals surface area contributed by atoms with Crippen LogP contribution in [0, 0.1) is 23.7 Å². The number of halogens is 1. The molecule has 0 N–H and O–H groups in total. The van der Waals surface area contributed by atoms with Crippen molar-refractivity contribution in [1.29, 1.82) is 0 Å². The Hall–Kier alpha value is -2.93. The van der Waals surface area contributed by atoms with Crippen LogP contribution in [0.3, 0.4) is 0 Å². The van der Waals surface area contributed by atoms with Crippen LogP contribution in [0.2, 0.25) is 0 Å². The number of fused-ring (bicyclic) bond motifs is 5. The molecule has 4 atom stereocenters. The van der Waals surface area contributed by atoms with E-state index in [1.54, 1.807) is 6.07 Å². The van der Waals surface area contributed by atoms with E-state index in [4.69, 9.17) is 9.47 Å². The van der Waals surface area contributed by atoms with Gasteiger partial charge in [-0.05, 0) is 66.6 Å². The minimum atomic E-state index is -0.247. The standard InChI is InChI=1S/C25H23BrN2O4/c1-2-31-21-11-16(5-10-20(21)32-14-15-3-8-19(26)9-4-15)13-27-28-24(29)22-17-6-7-18(12-17)23(22)25(28)30/h3-11,13,17-18,22-23H,2,12,14H2,1H3/b27-13-/t17-,18+,22-,23+. The zero-order chi connectivity index (χ0) is 22.2. The van der Waals surface area contributed by atoms with Gasteiger partial charge in [-0.1, -0.05) is 40.2 Å². The molecule has 2 aromatic carbocycles. The lowest BCUT2D eigenvalue weighted by molar-refractivity contribution is -0.140. The molecule has 2 aliphatic carbocycles. The van der Waals surface area contributed by atoms with E-state index in [0.717, 1.165) is 27.0 Å². The zero-order valence-corrected chi connectivity index (χ0v) is 19.2. The van der Waals surface area contributed by atoms with Crippen molar-refractivity contribution in [3.63, 3.8) is 0 Å². The average Bonchev–Trinajstić information content (AvgIpc) is 3.47. The van der Waals surface area contributed by atoms with Gasteiger partial charge in [-0.2, -0.15) is 10.1 Å². The maximum atomic E-state index is 12.8. The van der Waals surface area contributed by atoms with E-state index in [2.05, 4.69) is 33.2 Å². The first-order chi connectivity index (χ1) is 15.5. The highest BCUT2D eigenvalue weighted by Crippen LogP contribution is 2.52. The van der Waals surface area contributed by atoms with Gasteiger partial charge in [0.2, 0.25) is 0 Å². The van der Waals surface area contributed by atoms with E-state index in [1.807, 2.05) is 43.3 Å². The third-order valence-corrected chi connectivity index (χ3v) is 6.87. The van der Waals surface area contributed by atoms with Crippen molar-refractivity contribution >= 4 is 34.0 Å². The Morgan fingerprint density at radius 3 is 2.34 bits per heavy atom. The van der Waals surface area contributed by atoms with Crippen LogP contribution in [0.15, 0.2) is 64.2 Å². The highest BCUT2D eigenvalue weighted by Gasteiger charge is 2.59. The Labute approximate surface area is 195 Å². The van der Waals surface area contributed by atoms with E-state index in [-0.39, 0.29) is 35.5 Å². The third kappa shape index (κ3) is 3.75.